The van der Waals surface area contributed by atoms with Crippen molar-refractivity contribution < 1.29 is 9.59 Å². The second kappa shape index (κ2) is 8.04. The fourth-order valence-electron chi connectivity index (χ4n) is 3.38. The Morgan fingerprint density at radius 2 is 1.59 bits per heavy atom. The number of nitrogens with two attached hydrogens (primary N) is 1. The van der Waals surface area contributed by atoms with Gasteiger partial charge in [-0.1, -0.05) is 60.7 Å². The molecule has 3 N–H and O–H groups in total. The van der Waals surface area contributed by atoms with E-state index < -0.39 is 11.9 Å². The Hall–Kier alpha value is -3.14. The van der Waals surface area contributed by atoms with Crippen molar-refractivity contribution in [1.82, 2.24) is 5.32 Å². The van der Waals surface area contributed by atoms with Crippen molar-refractivity contribution in [2.24, 2.45) is 5.73 Å². The van der Waals surface area contributed by atoms with E-state index in [1.54, 1.807) is 0 Å². The number of nitrogens with one attached hydrogen (secondary N) is 1. The number of benzene rings is 3. The summed E-state index contributed by atoms with van der Waals surface area (Å²) in [4.78, 5) is 24.4. The molecule has 0 aliphatic carbocycles. The third-order valence-electron chi connectivity index (χ3n) is 4.91. The molecule has 0 bridgehead atoms. The van der Waals surface area contributed by atoms with Crippen LogP contribution < -0.4 is 11.1 Å². The summed E-state index contributed by atoms with van der Waals surface area (Å²) in [6, 6.07) is 19.2. The van der Waals surface area contributed by atoms with Gasteiger partial charge >= 0.3 is 0 Å². The molecule has 0 radical (unpaired) electrons. The van der Waals surface area contributed by atoms with Crippen LogP contribution >= 0.6 is 0 Å². The molecule has 0 saturated carbocycles. The molecule has 0 unspecified atom stereocenters. The van der Waals surface area contributed by atoms with Crippen LogP contribution in [0.1, 0.15) is 22.3 Å². The van der Waals surface area contributed by atoms with Gasteiger partial charge in [0.1, 0.15) is 6.04 Å². The Bertz CT molecular complexity index is 974. The van der Waals surface area contributed by atoms with E-state index in [2.05, 4.69) is 5.32 Å². The highest BCUT2D eigenvalue weighted by Crippen LogP contribution is 2.17. The maximum atomic E-state index is 12.5. The molecule has 4 nitrogen and oxygen atoms in total. The van der Waals surface area contributed by atoms with Crippen LogP contribution in [0.15, 0.2) is 60.7 Å². The lowest BCUT2D eigenvalue weighted by Gasteiger charge is -2.18. The van der Waals surface area contributed by atoms with Crippen LogP contribution in [0.3, 0.4) is 0 Å². The molecule has 138 valence electrons. The van der Waals surface area contributed by atoms with E-state index >= 15 is 0 Å². The molecule has 3 aromatic carbocycles. The van der Waals surface area contributed by atoms with Crippen LogP contribution in [-0.4, -0.2) is 17.9 Å². The van der Waals surface area contributed by atoms with Crippen molar-refractivity contribution in [2.75, 3.05) is 0 Å². The molecular weight excluding hydrogens is 336 g/mol. The minimum absolute atomic E-state index is 0.208. The number of rotatable bonds is 6. The molecule has 0 aliphatic rings. The number of carbonyl (C=O) groups is 2. The average Bonchev–Trinajstić information content (AvgIpc) is 2.63. The summed E-state index contributed by atoms with van der Waals surface area (Å²) in [5.74, 6) is -0.732. The Morgan fingerprint density at radius 1 is 0.926 bits per heavy atom. The average molecular weight is 360 g/mol. The zero-order valence-electron chi connectivity index (χ0n) is 15.7. The minimum Gasteiger partial charge on any atom is -0.368 e. The maximum absolute atomic E-state index is 12.5. The van der Waals surface area contributed by atoms with E-state index in [-0.39, 0.29) is 12.3 Å². The summed E-state index contributed by atoms with van der Waals surface area (Å²) < 4.78 is 0. The van der Waals surface area contributed by atoms with Gasteiger partial charge < -0.3 is 11.1 Å². The lowest BCUT2D eigenvalue weighted by molar-refractivity contribution is -0.127. The summed E-state index contributed by atoms with van der Waals surface area (Å²) in [5, 5.41) is 5.02. The SMILES string of the molecule is Cc1cccc(C)c1C[C@@H](NC(=O)Cc1ccc2ccccc2c1)C(N)=O. The fraction of sp³-hybridized carbons (Fsp3) is 0.217. The lowest BCUT2D eigenvalue weighted by atomic mass is 9.96. The van der Waals surface area contributed by atoms with E-state index in [0.717, 1.165) is 33.0 Å². The Labute approximate surface area is 159 Å². The molecule has 0 spiro atoms. The first-order chi connectivity index (χ1) is 12.9. The van der Waals surface area contributed by atoms with Gasteiger partial charge in [-0.15, -0.1) is 0 Å². The molecule has 3 rings (SSSR count). The molecule has 0 fully saturated rings. The van der Waals surface area contributed by atoms with Crippen LogP contribution in [0.4, 0.5) is 0 Å². The highest BCUT2D eigenvalue weighted by atomic mass is 16.2. The number of primary amides is 1. The van der Waals surface area contributed by atoms with E-state index in [9.17, 15) is 9.59 Å². The zero-order valence-corrected chi connectivity index (χ0v) is 15.7. The van der Waals surface area contributed by atoms with Crippen molar-refractivity contribution in [3.8, 4) is 0 Å². The summed E-state index contributed by atoms with van der Waals surface area (Å²) in [6.07, 6.45) is 0.610. The van der Waals surface area contributed by atoms with Gasteiger partial charge in [0.15, 0.2) is 0 Å². The van der Waals surface area contributed by atoms with Crippen molar-refractivity contribution in [3.05, 3.63) is 82.9 Å². The molecule has 0 heterocycles. The molecule has 27 heavy (non-hydrogen) atoms. The summed E-state index contributed by atoms with van der Waals surface area (Å²) in [5.41, 5.74) is 9.68. The van der Waals surface area contributed by atoms with Gasteiger partial charge in [0.2, 0.25) is 11.8 Å². The smallest absolute Gasteiger partial charge is 0.240 e. The van der Waals surface area contributed by atoms with Crippen LogP contribution in [0.2, 0.25) is 0 Å². The second-order valence-electron chi connectivity index (χ2n) is 6.96. The number of hydrogen-bond acceptors (Lipinski definition) is 2. The fourth-order valence-corrected chi connectivity index (χ4v) is 3.38. The van der Waals surface area contributed by atoms with Gasteiger partial charge in [0.05, 0.1) is 6.42 Å². The monoisotopic (exact) mass is 360 g/mol. The normalized spacial score (nSPS) is 11.9. The molecule has 0 aromatic heterocycles. The number of fused-ring (bicyclic) bond motifs is 1. The topological polar surface area (TPSA) is 72.2 Å². The summed E-state index contributed by atoms with van der Waals surface area (Å²) in [7, 11) is 0. The van der Waals surface area contributed by atoms with Crippen molar-refractivity contribution in [1.29, 1.82) is 0 Å². The molecule has 2 amide bonds. The maximum Gasteiger partial charge on any atom is 0.240 e. The van der Waals surface area contributed by atoms with Crippen molar-refractivity contribution in [3.63, 3.8) is 0 Å². The van der Waals surface area contributed by atoms with Gasteiger partial charge in [-0.05, 0) is 46.9 Å². The number of amides is 2. The van der Waals surface area contributed by atoms with Gasteiger partial charge in [-0.25, -0.2) is 0 Å². The standard InChI is InChI=1S/C23H24N2O2/c1-15-6-5-7-16(2)20(15)14-21(23(24)27)25-22(26)13-17-10-11-18-8-3-4-9-19(18)12-17/h3-12,21H,13-14H2,1-2H3,(H2,24,27)(H,25,26)/t21-/m1/s1. The molecular formula is C23H24N2O2. The van der Waals surface area contributed by atoms with Crippen LogP contribution in [0.5, 0.6) is 0 Å². The predicted octanol–water partition coefficient (Wildman–Crippen LogP) is 3.21. The predicted molar refractivity (Wildman–Crippen MR) is 108 cm³/mol. The largest absolute Gasteiger partial charge is 0.368 e. The third-order valence-corrected chi connectivity index (χ3v) is 4.91. The molecule has 1 atom stereocenters. The van der Waals surface area contributed by atoms with Gasteiger partial charge in [0, 0.05) is 6.42 Å². The Kier molecular flexibility index (Phi) is 5.55. The number of aryl methyl sites for hydroxylation is 2. The highest BCUT2D eigenvalue weighted by molar-refractivity contribution is 5.89. The second-order valence-corrected chi connectivity index (χ2v) is 6.96. The zero-order chi connectivity index (χ0) is 19.4. The molecule has 4 heteroatoms. The third kappa shape index (κ3) is 4.53. The molecule has 0 aliphatic heterocycles. The number of hydrogen-bond donors (Lipinski definition) is 2. The van der Waals surface area contributed by atoms with E-state index in [1.165, 1.54) is 0 Å². The highest BCUT2D eigenvalue weighted by Gasteiger charge is 2.20. The van der Waals surface area contributed by atoms with Crippen LogP contribution in [-0.2, 0) is 22.4 Å². The minimum atomic E-state index is -0.724. The summed E-state index contributed by atoms with van der Waals surface area (Å²) in [6.45, 7) is 3.99. The lowest BCUT2D eigenvalue weighted by Crippen LogP contribution is -2.46. The van der Waals surface area contributed by atoms with Gasteiger partial charge in [-0.2, -0.15) is 0 Å². The van der Waals surface area contributed by atoms with Crippen LogP contribution in [0, 0.1) is 13.8 Å². The Balaban J connectivity index is 1.72. The first-order valence-corrected chi connectivity index (χ1v) is 9.05. The van der Waals surface area contributed by atoms with E-state index in [0.29, 0.717) is 6.42 Å². The molecule has 0 saturated heterocycles. The first-order valence-electron chi connectivity index (χ1n) is 9.05. The number of carbonyl (C=O) groups excluding carboxylic acids is 2. The van der Waals surface area contributed by atoms with Gasteiger partial charge in [0.25, 0.3) is 0 Å². The van der Waals surface area contributed by atoms with E-state index in [4.69, 9.17) is 5.73 Å². The first kappa shape index (κ1) is 18.6. The summed E-state index contributed by atoms with van der Waals surface area (Å²) >= 11 is 0. The molecule has 3 aromatic rings. The van der Waals surface area contributed by atoms with Crippen molar-refractivity contribution in [2.45, 2.75) is 32.7 Å². The Morgan fingerprint density at radius 3 is 2.26 bits per heavy atom. The van der Waals surface area contributed by atoms with Crippen molar-refractivity contribution >= 4 is 22.6 Å². The van der Waals surface area contributed by atoms with Crippen LogP contribution in [0.25, 0.3) is 10.8 Å². The van der Waals surface area contributed by atoms with E-state index in [1.807, 2.05) is 74.5 Å². The quantitative estimate of drug-likeness (QED) is 0.708. The van der Waals surface area contributed by atoms with Gasteiger partial charge in [-0.3, -0.25) is 9.59 Å².